The Bertz CT molecular complexity index is 694. The van der Waals surface area contributed by atoms with Gasteiger partial charge < -0.3 is 9.16 Å². The van der Waals surface area contributed by atoms with Crippen molar-refractivity contribution in [3.8, 4) is 0 Å². The van der Waals surface area contributed by atoms with Gasteiger partial charge in [0.05, 0.1) is 12.6 Å². The second kappa shape index (κ2) is 9.52. The summed E-state index contributed by atoms with van der Waals surface area (Å²) in [5, 5.41) is 0.0626. The molecule has 0 saturated heterocycles. The highest BCUT2D eigenvalue weighted by Gasteiger charge is 2.39. The predicted molar refractivity (Wildman–Crippen MR) is 113 cm³/mol. The molecule has 0 fully saturated rings. The van der Waals surface area contributed by atoms with Crippen molar-refractivity contribution in [2.75, 3.05) is 6.61 Å². The summed E-state index contributed by atoms with van der Waals surface area (Å²) in [7, 11) is -1.99. The highest BCUT2D eigenvalue weighted by Crippen LogP contribution is 2.37. The van der Waals surface area contributed by atoms with E-state index in [0.29, 0.717) is 25.9 Å². The summed E-state index contributed by atoms with van der Waals surface area (Å²) in [5.41, 5.74) is 0.893. The van der Waals surface area contributed by atoms with Crippen molar-refractivity contribution in [1.82, 2.24) is 4.90 Å². The average molecular weight is 404 g/mol. The first kappa shape index (κ1) is 22.4. The summed E-state index contributed by atoms with van der Waals surface area (Å²) in [6.45, 7) is 11.4. The Hall–Kier alpha value is -1.92. The van der Waals surface area contributed by atoms with Gasteiger partial charge >= 0.3 is 6.09 Å². The van der Waals surface area contributed by atoms with Crippen LogP contribution in [0.25, 0.3) is 0 Å². The minimum atomic E-state index is -1.99. The second-order valence-electron chi connectivity index (χ2n) is 8.77. The molecule has 1 heterocycles. The fraction of sp³-hybridized carbons (Fsp3) is 0.545. The minimum absolute atomic E-state index is 0.0626. The van der Waals surface area contributed by atoms with Crippen molar-refractivity contribution in [2.45, 2.75) is 70.8 Å². The summed E-state index contributed by atoms with van der Waals surface area (Å²) in [4.78, 5) is 26.8. The van der Waals surface area contributed by atoms with E-state index in [2.05, 4.69) is 33.9 Å². The number of ether oxygens (including phenoxy) is 1. The van der Waals surface area contributed by atoms with Gasteiger partial charge in [0, 0.05) is 6.42 Å². The molecule has 2 amide bonds. The van der Waals surface area contributed by atoms with Gasteiger partial charge in [-0.2, -0.15) is 0 Å². The Morgan fingerprint density at radius 1 is 1.18 bits per heavy atom. The molecule has 0 aromatic heterocycles. The molecule has 28 heavy (non-hydrogen) atoms. The summed E-state index contributed by atoms with van der Waals surface area (Å²) in [6, 6.07) is 9.14. The van der Waals surface area contributed by atoms with Crippen molar-refractivity contribution in [1.29, 1.82) is 0 Å². The molecule has 0 spiro atoms. The van der Waals surface area contributed by atoms with Crippen molar-refractivity contribution in [3.05, 3.63) is 48.0 Å². The molecule has 0 aliphatic carbocycles. The molecule has 2 rings (SSSR count). The van der Waals surface area contributed by atoms with Crippen LogP contribution < -0.4 is 0 Å². The van der Waals surface area contributed by atoms with Crippen molar-refractivity contribution >= 4 is 20.3 Å². The SMILES string of the molecule is CC(C)(C)[Si](C)(C)OC[C@@H]1C/C=C\CCC(=O)N1C(=O)OCc1ccccc1. The first-order valence-electron chi connectivity index (χ1n) is 9.93. The maximum absolute atomic E-state index is 12.8. The van der Waals surface area contributed by atoms with Crippen LogP contribution in [0.5, 0.6) is 0 Å². The van der Waals surface area contributed by atoms with Crippen molar-refractivity contribution in [3.63, 3.8) is 0 Å². The third-order valence-electron chi connectivity index (χ3n) is 5.58. The van der Waals surface area contributed by atoms with Gasteiger partial charge in [0.2, 0.25) is 5.91 Å². The van der Waals surface area contributed by atoms with Crippen LogP contribution in [0.3, 0.4) is 0 Å². The zero-order valence-electron chi connectivity index (χ0n) is 17.7. The number of benzene rings is 1. The Kier molecular flexibility index (Phi) is 7.60. The monoisotopic (exact) mass is 403 g/mol. The molecule has 0 unspecified atom stereocenters. The van der Waals surface area contributed by atoms with Crippen LogP contribution in [-0.2, 0) is 20.6 Å². The summed E-state index contributed by atoms with van der Waals surface area (Å²) in [5.74, 6) is -0.203. The van der Waals surface area contributed by atoms with Gasteiger partial charge in [-0.3, -0.25) is 4.79 Å². The predicted octanol–water partition coefficient (Wildman–Crippen LogP) is 5.28. The van der Waals surface area contributed by atoms with Gasteiger partial charge in [0.25, 0.3) is 0 Å². The zero-order chi connectivity index (χ0) is 20.8. The van der Waals surface area contributed by atoms with Crippen LogP contribution >= 0.6 is 0 Å². The molecule has 0 saturated carbocycles. The number of hydrogen-bond acceptors (Lipinski definition) is 4. The molecule has 1 aliphatic rings. The molecule has 0 N–H and O–H groups in total. The fourth-order valence-corrected chi connectivity index (χ4v) is 3.75. The largest absolute Gasteiger partial charge is 0.444 e. The first-order valence-corrected chi connectivity index (χ1v) is 12.8. The lowest BCUT2D eigenvalue weighted by molar-refractivity contribution is -0.132. The molecule has 0 bridgehead atoms. The minimum Gasteiger partial charge on any atom is -0.444 e. The van der Waals surface area contributed by atoms with Gasteiger partial charge in [-0.05, 0) is 36.5 Å². The third-order valence-corrected chi connectivity index (χ3v) is 10.1. The van der Waals surface area contributed by atoms with E-state index in [1.165, 1.54) is 4.90 Å². The van der Waals surface area contributed by atoms with Crippen LogP contribution in [0.1, 0.15) is 45.6 Å². The quantitative estimate of drug-likeness (QED) is 0.496. The third kappa shape index (κ3) is 6.04. The number of amides is 2. The number of carbonyl (C=O) groups excluding carboxylic acids is 2. The lowest BCUT2D eigenvalue weighted by Crippen LogP contribution is -2.50. The average Bonchev–Trinajstić information content (AvgIpc) is 2.62. The standard InChI is InChI=1S/C22H33NO4Si/c1-22(2,3)28(4,5)27-17-19-14-10-7-11-15-20(24)23(19)21(25)26-16-18-12-8-6-9-13-18/h6-10,12-13,19H,11,14-17H2,1-5H3/b10-7-/t19-/m0/s1. The number of allylic oxidation sites excluding steroid dienone is 1. The smallest absolute Gasteiger partial charge is 0.417 e. The summed E-state index contributed by atoms with van der Waals surface area (Å²) in [6.07, 6.45) is 4.96. The van der Waals surface area contributed by atoms with E-state index < -0.39 is 14.4 Å². The van der Waals surface area contributed by atoms with Crippen molar-refractivity contribution in [2.24, 2.45) is 0 Å². The molecule has 1 aliphatic heterocycles. The van der Waals surface area contributed by atoms with E-state index in [1.54, 1.807) is 0 Å². The maximum atomic E-state index is 12.8. The van der Waals surface area contributed by atoms with Crippen molar-refractivity contribution < 1.29 is 18.8 Å². The number of imide groups is 1. The molecule has 5 nitrogen and oxygen atoms in total. The highest BCUT2D eigenvalue weighted by molar-refractivity contribution is 6.74. The zero-order valence-corrected chi connectivity index (χ0v) is 18.7. The molecule has 1 aromatic carbocycles. The summed E-state index contributed by atoms with van der Waals surface area (Å²) < 4.78 is 11.8. The van der Waals surface area contributed by atoms with Crippen LogP contribution in [-0.4, -0.2) is 37.9 Å². The molecular weight excluding hydrogens is 370 g/mol. The Labute approximate surface area is 169 Å². The number of rotatable bonds is 5. The molecular formula is C22H33NO4Si. The molecule has 1 aromatic rings. The number of carbonyl (C=O) groups is 2. The van der Waals surface area contributed by atoms with E-state index in [-0.39, 0.29) is 23.6 Å². The number of hydrogen-bond donors (Lipinski definition) is 0. The topological polar surface area (TPSA) is 55.8 Å². The normalized spacial score (nSPS) is 19.7. The number of nitrogens with zero attached hydrogens (tertiary/aromatic N) is 1. The lowest BCUT2D eigenvalue weighted by atomic mass is 10.1. The van der Waals surface area contributed by atoms with Gasteiger partial charge in [0.15, 0.2) is 8.32 Å². The van der Waals surface area contributed by atoms with Crippen LogP contribution in [0, 0.1) is 0 Å². The fourth-order valence-electron chi connectivity index (χ4n) is 2.71. The van der Waals surface area contributed by atoms with E-state index in [1.807, 2.05) is 42.5 Å². The molecule has 1 atom stereocenters. The van der Waals surface area contributed by atoms with Gasteiger partial charge in [-0.25, -0.2) is 9.69 Å². The maximum Gasteiger partial charge on any atom is 0.417 e. The van der Waals surface area contributed by atoms with Gasteiger partial charge in [-0.15, -0.1) is 0 Å². The molecule has 0 radical (unpaired) electrons. The molecule has 154 valence electrons. The first-order chi connectivity index (χ1) is 13.1. The molecule has 6 heteroatoms. The Balaban J connectivity index is 2.11. The van der Waals surface area contributed by atoms with E-state index in [4.69, 9.17) is 9.16 Å². The lowest BCUT2D eigenvalue weighted by Gasteiger charge is -2.38. The second-order valence-corrected chi connectivity index (χ2v) is 13.6. The van der Waals surface area contributed by atoms with Crippen LogP contribution in [0.4, 0.5) is 4.79 Å². The summed E-state index contributed by atoms with van der Waals surface area (Å²) >= 11 is 0. The van der Waals surface area contributed by atoms with Crippen LogP contribution in [0.15, 0.2) is 42.5 Å². The van der Waals surface area contributed by atoms with Gasteiger partial charge in [0.1, 0.15) is 6.61 Å². The van der Waals surface area contributed by atoms with E-state index in [9.17, 15) is 9.59 Å². The Morgan fingerprint density at radius 2 is 1.86 bits per heavy atom. The highest BCUT2D eigenvalue weighted by atomic mass is 28.4. The van der Waals surface area contributed by atoms with Crippen LogP contribution in [0.2, 0.25) is 18.1 Å². The van der Waals surface area contributed by atoms with Gasteiger partial charge in [-0.1, -0.05) is 63.3 Å². The Morgan fingerprint density at radius 3 is 2.50 bits per heavy atom. The van der Waals surface area contributed by atoms with E-state index in [0.717, 1.165) is 5.56 Å². The van der Waals surface area contributed by atoms with E-state index >= 15 is 0 Å².